The first-order valence-electron chi connectivity index (χ1n) is 13.5. The van der Waals surface area contributed by atoms with Gasteiger partial charge in [0.2, 0.25) is 5.89 Å². The number of benzene rings is 3. The van der Waals surface area contributed by atoms with Crippen LogP contribution in [0.25, 0.3) is 5.69 Å². The molecule has 1 fully saturated rings. The fraction of sp³-hybridized carbons (Fsp3) is 0.226. The number of ether oxygens (including phenoxy) is 1. The van der Waals surface area contributed by atoms with Gasteiger partial charge in [0.25, 0.3) is 5.91 Å². The number of hydrogen-bond acceptors (Lipinski definition) is 8. The average Bonchev–Trinajstić information content (AvgIpc) is 3.68. The molecule has 0 aliphatic carbocycles. The predicted molar refractivity (Wildman–Crippen MR) is 158 cm³/mol. The highest BCUT2D eigenvalue weighted by molar-refractivity contribution is 7.98. The van der Waals surface area contributed by atoms with Crippen molar-refractivity contribution in [2.24, 2.45) is 0 Å². The molecule has 3 aromatic carbocycles. The molecule has 9 nitrogen and oxygen atoms in total. The number of methoxy groups -OCH3 is 1. The molecule has 0 spiro atoms. The van der Waals surface area contributed by atoms with Crippen LogP contribution in [0.3, 0.4) is 0 Å². The standard InChI is InChI=1S/C31H30N6O3S/c1-39-26-14-12-24(13-15-26)35-16-18-36(19-17-35)30(38)27-21-40-29(32-27)22-41-31-34-33-28(20-23-8-4-2-5-9-23)37(31)25-10-6-3-7-11-25/h2-15,21H,16-20,22H2,1H3. The van der Waals surface area contributed by atoms with Crippen molar-refractivity contribution >= 4 is 23.4 Å². The number of oxazole rings is 1. The predicted octanol–water partition coefficient (Wildman–Crippen LogP) is 5.11. The van der Waals surface area contributed by atoms with E-state index in [1.807, 2.05) is 77.7 Å². The number of nitrogens with zero attached hydrogens (tertiary/aromatic N) is 6. The lowest BCUT2D eigenvalue weighted by atomic mass is 10.1. The SMILES string of the molecule is COc1ccc(N2CCN(C(=O)c3coc(CSc4nnc(Cc5ccccc5)n4-c4ccccc4)n3)CC2)cc1. The van der Waals surface area contributed by atoms with Crippen molar-refractivity contribution in [2.75, 3.05) is 38.2 Å². The van der Waals surface area contributed by atoms with E-state index in [-0.39, 0.29) is 5.91 Å². The number of thioether (sulfide) groups is 1. The topological polar surface area (TPSA) is 89.5 Å². The molecule has 5 aromatic rings. The van der Waals surface area contributed by atoms with Gasteiger partial charge in [-0.25, -0.2) is 4.98 Å². The highest BCUT2D eigenvalue weighted by Gasteiger charge is 2.25. The van der Waals surface area contributed by atoms with Gasteiger partial charge in [0, 0.05) is 44.0 Å². The Hall–Kier alpha value is -4.57. The maximum absolute atomic E-state index is 13.2. The largest absolute Gasteiger partial charge is 0.497 e. The number of hydrogen-bond donors (Lipinski definition) is 0. The van der Waals surface area contributed by atoms with Crippen LogP contribution >= 0.6 is 11.8 Å². The first-order chi connectivity index (χ1) is 20.2. The molecular formula is C31H30N6O3S. The van der Waals surface area contributed by atoms with Crippen LogP contribution < -0.4 is 9.64 Å². The number of carbonyl (C=O) groups is 1. The van der Waals surface area contributed by atoms with Crippen molar-refractivity contribution in [1.29, 1.82) is 0 Å². The Labute approximate surface area is 242 Å². The van der Waals surface area contributed by atoms with Crippen LogP contribution in [-0.4, -0.2) is 63.8 Å². The number of piperazine rings is 1. The Morgan fingerprint density at radius 1 is 0.878 bits per heavy atom. The van der Waals surface area contributed by atoms with Crippen molar-refractivity contribution in [3.8, 4) is 11.4 Å². The monoisotopic (exact) mass is 566 g/mol. The molecular weight excluding hydrogens is 536 g/mol. The Morgan fingerprint density at radius 2 is 1.59 bits per heavy atom. The summed E-state index contributed by atoms with van der Waals surface area (Å²) in [6.07, 6.45) is 2.11. The summed E-state index contributed by atoms with van der Waals surface area (Å²) in [4.78, 5) is 21.8. The third kappa shape index (κ3) is 6.12. The molecule has 10 heteroatoms. The normalized spacial score (nSPS) is 13.4. The van der Waals surface area contributed by atoms with E-state index in [1.165, 1.54) is 18.0 Å². The smallest absolute Gasteiger partial charge is 0.275 e. The maximum atomic E-state index is 13.2. The molecule has 208 valence electrons. The Morgan fingerprint density at radius 3 is 2.29 bits per heavy atom. The van der Waals surface area contributed by atoms with E-state index in [0.717, 1.165) is 46.8 Å². The summed E-state index contributed by atoms with van der Waals surface area (Å²) in [5.41, 5.74) is 3.60. The third-order valence-corrected chi connectivity index (χ3v) is 7.93. The van der Waals surface area contributed by atoms with Crippen LogP contribution in [0.15, 0.2) is 101 Å². The number of rotatable bonds is 9. The first-order valence-corrected chi connectivity index (χ1v) is 14.5. The molecule has 6 rings (SSSR count). The molecule has 0 unspecified atom stereocenters. The van der Waals surface area contributed by atoms with E-state index in [4.69, 9.17) is 9.15 Å². The van der Waals surface area contributed by atoms with Gasteiger partial charge < -0.3 is 19.0 Å². The van der Waals surface area contributed by atoms with E-state index in [0.29, 0.717) is 36.8 Å². The number of carbonyl (C=O) groups excluding carboxylic acids is 1. The van der Waals surface area contributed by atoms with E-state index in [2.05, 4.69) is 36.8 Å². The van der Waals surface area contributed by atoms with E-state index >= 15 is 0 Å². The highest BCUT2D eigenvalue weighted by atomic mass is 32.2. The Kier molecular flexibility index (Phi) is 7.99. The summed E-state index contributed by atoms with van der Waals surface area (Å²) in [5, 5.41) is 9.72. The zero-order chi connectivity index (χ0) is 28.0. The summed E-state index contributed by atoms with van der Waals surface area (Å²) in [7, 11) is 1.66. The van der Waals surface area contributed by atoms with Crippen molar-refractivity contribution in [2.45, 2.75) is 17.3 Å². The van der Waals surface area contributed by atoms with Gasteiger partial charge in [-0.1, -0.05) is 60.3 Å². The second-order valence-corrected chi connectivity index (χ2v) is 10.6. The van der Waals surface area contributed by atoms with Gasteiger partial charge in [-0.15, -0.1) is 10.2 Å². The quantitative estimate of drug-likeness (QED) is 0.228. The van der Waals surface area contributed by atoms with Crippen LogP contribution in [-0.2, 0) is 12.2 Å². The molecule has 1 aliphatic heterocycles. The minimum atomic E-state index is -0.114. The molecule has 41 heavy (non-hydrogen) atoms. The molecule has 0 atom stereocenters. The number of anilines is 1. The van der Waals surface area contributed by atoms with Gasteiger partial charge in [-0.05, 0) is 42.0 Å². The van der Waals surface area contributed by atoms with Crippen LogP contribution in [0.2, 0.25) is 0 Å². The molecule has 3 heterocycles. The van der Waals surface area contributed by atoms with Crippen LogP contribution in [0.4, 0.5) is 5.69 Å². The van der Waals surface area contributed by atoms with Crippen LogP contribution in [0.1, 0.15) is 27.8 Å². The van der Waals surface area contributed by atoms with E-state index in [1.54, 1.807) is 7.11 Å². The van der Waals surface area contributed by atoms with Crippen molar-refractivity contribution in [3.63, 3.8) is 0 Å². The molecule has 0 saturated carbocycles. The van der Waals surface area contributed by atoms with Gasteiger partial charge in [-0.3, -0.25) is 9.36 Å². The summed E-state index contributed by atoms with van der Waals surface area (Å²) >= 11 is 1.48. The molecule has 0 N–H and O–H groups in total. The third-order valence-electron chi connectivity index (χ3n) is 7.02. The van der Waals surface area contributed by atoms with Gasteiger partial charge in [0.1, 0.15) is 17.8 Å². The Bertz CT molecular complexity index is 1580. The molecule has 0 radical (unpaired) electrons. The van der Waals surface area contributed by atoms with Crippen LogP contribution in [0, 0.1) is 0 Å². The highest BCUT2D eigenvalue weighted by Crippen LogP contribution is 2.27. The van der Waals surface area contributed by atoms with E-state index < -0.39 is 0 Å². The van der Waals surface area contributed by atoms with E-state index in [9.17, 15) is 4.79 Å². The lowest BCUT2D eigenvalue weighted by molar-refractivity contribution is 0.0741. The van der Waals surface area contributed by atoms with Crippen molar-refractivity contribution in [3.05, 3.63) is 114 Å². The lowest BCUT2D eigenvalue weighted by Gasteiger charge is -2.35. The zero-order valence-electron chi connectivity index (χ0n) is 22.7. The molecule has 1 amide bonds. The fourth-order valence-electron chi connectivity index (χ4n) is 4.85. The second-order valence-electron chi connectivity index (χ2n) is 9.62. The zero-order valence-corrected chi connectivity index (χ0v) is 23.5. The molecule has 0 bridgehead atoms. The van der Waals surface area contributed by atoms with Crippen LogP contribution in [0.5, 0.6) is 5.75 Å². The van der Waals surface area contributed by atoms with Gasteiger partial charge in [0.15, 0.2) is 10.9 Å². The number of aromatic nitrogens is 4. The number of para-hydroxylation sites is 1. The van der Waals surface area contributed by atoms with Gasteiger partial charge in [0.05, 0.1) is 12.9 Å². The summed E-state index contributed by atoms with van der Waals surface area (Å²) in [5.74, 6) is 2.46. The fourth-order valence-corrected chi connectivity index (χ4v) is 5.67. The number of amides is 1. The van der Waals surface area contributed by atoms with Gasteiger partial charge >= 0.3 is 0 Å². The Balaban J connectivity index is 1.10. The second kappa shape index (κ2) is 12.3. The summed E-state index contributed by atoms with van der Waals surface area (Å²) < 4.78 is 13.0. The van der Waals surface area contributed by atoms with Crippen molar-refractivity contribution < 1.29 is 13.9 Å². The maximum Gasteiger partial charge on any atom is 0.275 e. The minimum absolute atomic E-state index is 0.114. The summed E-state index contributed by atoms with van der Waals surface area (Å²) in [6, 6.07) is 28.3. The molecule has 2 aromatic heterocycles. The molecule has 1 aliphatic rings. The average molecular weight is 567 g/mol. The first kappa shape index (κ1) is 26.6. The van der Waals surface area contributed by atoms with Crippen molar-refractivity contribution in [1.82, 2.24) is 24.6 Å². The van der Waals surface area contributed by atoms with Gasteiger partial charge in [-0.2, -0.15) is 0 Å². The lowest BCUT2D eigenvalue weighted by Crippen LogP contribution is -2.48. The minimum Gasteiger partial charge on any atom is -0.497 e. The summed E-state index contributed by atoms with van der Waals surface area (Å²) in [6.45, 7) is 2.73. The molecule has 1 saturated heterocycles.